The molecule has 2 aromatic heterocycles. The number of benzene rings is 2. The highest BCUT2D eigenvalue weighted by molar-refractivity contribution is 6.39. The second-order valence-electron chi connectivity index (χ2n) is 12.7. The number of aromatic nitrogens is 2. The van der Waals surface area contributed by atoms with Crippen LogP contribution in [0.4, 0.5) is 0 Å². The lowest BCUT2D eigenvalue weighted by molar-refractivity contribution is -0.120. The Morgan fingerprint density at radius 2 is 1.08 bits per heavy atom. The molecule has 0 bridgehead atoms. The summed E-state index contributed by atoms with van der Waals surface area (Å²) < 4.78 is 11.9. The second kappa shape index (κ2) is 13.0. The van der Waals surface area contributed by atoms with Gasteiger partial charge in [0.2, 0.25) is 23.6 Å². The van der Waals surface area contributed by atoms with E-state index in [4.69, 9.17) is 42.6 Å². The largest absolute Gasteiger partial charge is 0.475 e. The smallest absolute Gasteiger partial charge is 0.220 e. The lowest BCUT2D eigenvalue weighted by atomic mass is 9.97. The zero-order valence-electron chi connectivity index (χ0n) is 26.0. The first-order valence-corrected chi connectivity index (χ1v) is 17.1. The van der Waals surface area contributed by atoms with E-state index in [1.807, 2.05) is 60.7 Å². The molecule has 0 radical (unpaired) electrons. The number of ether oxygens (including phenoxy) is 2. The molecule has 4 unspecified atom stereocenters. The Balaban J connectivity index is 1.01. The molecular formula is C36H34Cl2N6O4. The molecule has 0 saturated carbocycles. The zero-order valence-corrected chi connectivity index (χ0v) is 27.5. The Morgan fingerprint density at radius 1 is 0.646 bits per heavy atom. The molecule has 2 aromatic carbocycles. The minimum atomic E-state index is 0.00366. The molecule has 2 saturated heterocycles. The third kappa shape index (κ3) is 5.98. The van der Waals surface area contributed by atoms with Crippen molar-refractivity contribution >= 4 is 35.0 Å². The van der Waals surface area contributed by atoms with Crippen LogP contribution >= 0.6 is 23.2 Å². The molecule has 2 amide bonds. The first-order chi connectivity index (χ1) is 23.4. The standard InChI is InChI=1S/C36H34Cl2N6O4/c37-33-21(3-1-5-23(33)27-11-9-25-29(17-47-35(25)43-27)39-15-19-7-13-31(45)41-19)22-4-2-6-24(34(22)38)28-12-10-26-30(18-48-36(26)44-28)40-16-20-8-14-32(46)42-20/h1-6,9-12,19-20,29-30,39-40H,7-8,13-18H2,(H,41,45)(H,42,46). The van der Waals surface area contributed by atoms with Crippen LogP contribution < -0.4 is 30.7 Å². The highest BCUT2D eigenvalue weighted by Crippen LogP contribution is 2.43. The molecular weight excluding hydrogens is 651 g/mol. The number of carbonyl (C=O) groups excluding carboxylic acids is 2. The van der Waals surface area contributed by atoms with Crippen molar-refractivity contribution in [2.24, 2.45) is 0 Å². The van der Waals surface area contributed by atoms with E-state index in [2.05, 4.69) is 21.3 Å². The number of amides is 2. The first-order valence-electron chi connectivity index (χ1n) is 16.3. The van der Waals surface area contributed by atoms with Gasteiger partial charge in [-0.15, -0.1) is 0 Å². The molecule has 0 aliphatic carbocycles. The topological polar surface area (TPSA) is 126 Å². The van der Waals surface area contributed by atoms with E-state index in [9.17, 15) is 9.59 Å². The number of fused-ring (bicyclic) bond motifs is 2. The van der Waals surface area contributed by atoms with E-state index in [0.717, 1.165) is 46.2 Å². The van der Waals surface area contributed by atoms with Gasteiger partial charge in [0, 0.05) is 71.4 Å². The van der Waals surface area contributed by atoms with E-state index < -0.39 is 0 Å². The molecule has 8 rings (SSSR count). The third-order valence-corrected chi connectivity index (χ3v) is 10.3. The molecule has 12 heteroatoms. The van der Waals surface area contributed by atoms with Crippen LogP contribution in [0.3, 0.4) is 0 Å². The molecule has 0 spiro atoms. The van der Waals surface area contributed by atoms with Gasteiger partial charge in [0.1, 0.15) is 13.2 Å². The fourth-order valence-electron chi connectivity index (χ4n) is 6.91. The highest BCUT2D eigenvalue weighted by atomic mass is 35.5. The predicted molar refractivity (Wildman–Crippen MR) is 183 cm³/mol. The van der Waals surface area contributed by atoms with Gasteiger partial charge in [-0.25, -0.2) is 9.97 Å². The number of hydrogen-bond donors (Lipinski definition) is 4. The van der Waals surface area contributed by atoms with Crippen molar-refractivity contribution < 1.29 is 19.1 Å². The van der Waals surface area contributed by atoms with Gasteiger partial charge in [-0.1, -0.05) is 59.6 Å². The summed E-state index contributed by atoms with van der Waals surface area (Å²) in [4.78, 5) is 32.8. The Kier molecular flexibility index (Phi) is 8.42. The Labute approximate surface area is 287 Å². The molecule has 48 heavy (non-hydrogen) atoms. The Bertz CT molecular complexity index is 1780. The van der Waals surface area contributed by atoms with Crippen LogP contribution in [0.25, 0.3) is 33.6 Å². The quantitative estimate of drug-likeness (QED) is 0.185. The third-order valence-electron chi connectivity index (χ3n) is 9.53. The van der Waals surface area contributed by atoms with Crippen LogP contribution in [0.5, 0.6) is 11.8 Å². The first kappa shape index (κ1) is 31.1. The molecule has 4 aromatic rings. The van der Waals surface area contributed by atoms with Crippen LogP contribution in [0.15, 0.2) is 60.7 Å². The van der Waals surface area contributed by atoms with Gasteiger partial charge in [0.15, 0.2) is 0 Å². The fraction of sp³-hybridized carbons (Fsp3) is 0.333. The normalized spacial score (nSPS) is 22.5. The summed E-state index contributed by atoms with van der Waals surface area (Å²) in [6.07, 6.45) is 2.83. The lowest BCUT2D eigenvalue weighted by Crippen LogP contribution is -2.37. The monoisotopic (exact) mass is 684 g/mol. The number of carbonyl (C=O) groups is 2. The van der Waals surface area contributed by atoms with Gasteiger partial charge in [-0.2, -0.15) is 0 Å². The molecule has 4 aliphatic heterocycles. The number of hydrogen-bond acceptors (Lipinski definition) is 8. The molecule has 4 atom stereocenters. The van der Waals surface area contributed by atoms with Crippen molar-refractivity contribution in [3.8, 4) is 45.4 Å². The van der Waals surface area contributed by atoms with Crippen molar-refractivity contribution in [2.75, 3.05) is 26.3 Å². The van der Waals surface area contributed by atoms with Crippen LogP contribution in [0.2, 0.25) is 10.0 Å². The summed E-state index contributed by atoms with van der Waals surface area (Å²) in [6, 6.07) is 19.9. The number of nitrogens with one attached hydrogen (secondary N) is 4. The summed E-state index contributed by atoms with van der Waals surface area (Å²) in [7, 11) is 0. The summed E-state index contributed by atoms with van der Waals surface area (Å²) in [5, 5.41) is 14.1. The van der Waals surface area contributed by atoms with Crippen LogP contribution in [0, 0.1) is 0 Å². The Morgan fingerprint density at radius 3 is 1.50 bits per heavy atom. The zero-order chi connectivity index (χ0) is 32.8. The maximum atomic E-state index is 11.6. The summed E-state index contributed by atoms with van der Waals surface area (Å²) in [6.45, 7) is 2.31. The van der Waals surface area contributed by atoms with Gasteiger partial charge in [-0.3, -0.25) is 9.59 Å². The van der Waals surface area contributed by atoms with E-state index in [1.165, 1.54) is 0 Å². The van der Waals surface area contributed by atoms with E-state index in [1.54, 1.807) is 0 Å². The van der Waals surface area contributed by atoms with Crippen molar-refractivity contribution in [1.29, 1.82) is 0 Å². The summed E-state index contributed by atoms with van der Waals surface area (Å²) in [5.41, 5.74) is 6.48. The molecule has 2 fully saturated rings. The molecule has 4 N–H and O–H groups in total. The average Bonchev–Trinajstić information content (AvgIpc) is 3.90. The number of rotatable bonds is 9. The molecule has 10 nitrogen and oxygen atoms in total. The summed E-state index contributed by atoms with van der Waals surface area (Å²) in [5.74, 6) is 1.37. The van der Waals surface area contributed by atoms with Gasteiger partial charge in [0.05, 0.1) is 33.5 Å². The molecule has 4 aliphatic rings. The minimum absolute atomic E-state index is 0.00366. The van der Waals surface area contributed by atoms with E-state index in [0.29, 0.717) is 72.3 Å². The van der Waals surface area contributed by atoms with Gasteiger partial charge >= 0.3 is 0 Å². The number of nitrogens with zero attached hydrogens (tertiary/aromatic N) is 2. The van der Waals surface area contributed by atoms with Crippen molar-refractivity contribution in [3.63, 3.8) is 0 Å². The maximum Gasteiger partial charge on any atom is 0.220 e. The minimum Gasteiger partial charge on any atom is -0.475 e. The number of pyridine rings is 2. The van der Waals surface area contributed by atoms with Crippen LogP contribution in [-0.4, -0.2) is 60.2 Å². The summed E-state index contributed by atoms with van der Waals surface area (Å²) >= 11 is 14.2. The van der Waals surface area contributed by atoms with Crippen molar-refractivity contribution in [2.45, 2.75) is 49.9 Å². The van der Waals surface area contributed by atoms with E-state index in [-0.39, 0.29) is 36.0 Å². The van der Waals surface area contributed by atoms with E-state index >= 15 is 0 Å². The fourth-order valence-corrected chi connectivity index (χ4v) is 7.56. The number of halogens is 2. The SMILES string of the molecule is O=C1CCC(CNC2COc3nc(-c4cccc(-c5cccc(-c6ccc7c(n6)OCC7NCC6CCC(=O)N6)c5Cl)c4Cl)ccc32)N1. The van der Waals surface area contributed by atoms with Gasteiger partial charge in [-0.05, 0) is 37.1 Å². The lowest BCUT2D eigenvalue weighted by Gasteiger charge is -2.16. The predicted octanol–water partition coefficient (Wildman–Crippen LogP) is 5.39. The van der Waals surface area contributed by atoms with Crippen LogP contribution in [0.1, 0.15) is 48.9 Å². The molecule has 6 heterocycles. The highest BCUT2D eigenvalue weighted by Gasteiger charge is 2.30. The van der Waals surface area contributed by atoms with Crippen molar-refractivity contribution in [1.82, 2.24) is 31.2 Å². The van der Waals surface area contributed by atoms with Gasteiger partial charge < -0.3 is 30.7 Å². The second-order valence-corrected chi connectivity index (χ2v) is 13.4. The average molecular weight is 686 g/mol. The van der Waals surface area contributed by atoms with Crippen molar-refractivity contribution in [3.05, 3.63) is 81.8 Å². The molecule has 246 valence electrons. The van der Waals surface area contributed by atoms with Crippen LogP contribution in [-0.2, 0) is 9.59 Å². The van der Waals surface area contributed by atoms with Gasteiger partial charge in [0.25, 0.3) is 0 Å². The maximum absolute atomic E-state index is 11.6. The Hall–Kier alpha value is -4.22.